The van der Waals surface area contributed by atoms with Gasteiger partial charge in [0.1, 0.15) is 38.8 Å². The van der Waals surface area contributed by atoms with Crippen molar-refractivity contribution in [3.63, 3.8) is 0 Å². The molecular formula is C21H18ClN7O6S4. The number of carboxylic acids is 1. The minimum Gasteiger partial charge on any atom is -0.477 e. The number of thiazole rings is 1. The number of hydrogen-bond donors (Lipinski definition) is 3. The fourth-order valence-corrected chi connectivity index (χ4v) is 7.92. The third-order valence-electron chi connectivity index (χ3n) is 5.70. The highest BCUT2D eigenvalue weighted by molar-refractivity contribution is 8.01. The maximum atomic E-state index is 13.4. The second-order valence-corrected chi connectivity index (χ2v) is 12.9. The summed E-state index contributed by atoms with van der Waals surface area (Å²) in [7, 11) is 0. The molecule has 18 heteroatoms. The van der Waals surface area contributed by atoms with E-state index in [0.717, 1.165) is 17.8 Å². The van der Waals surface area contributed by atoms with Crippen molar-refractivity contribution in [2.75, 3.05) is 16.8 Å². The molecule has 5 rings (SSSR count). The molecule has 13 nitrogen and oxygen atoms in total. The first kappa shape index (κ1) is 27.6. The van der Waals surface area contributed by atoms with E-state index >= 15 is 0 Å². The zero-order chi connectivity index (χ0) is 27.5. The van der Waals surface area contributed by atoms with Crippen LogP contribution in [0.15, 0.2) is 38.4 Å². The summed E-state index contributed by atoms with van der Waals surface area (Å²) in [4.78, 5) is 60.3. The largest absolute Gasteiger partial charge is 0.477 e. The number of hydrogen-bond acceptors (Lipinski definition) is 13. The van der Waals surface area contributed by atoms with E-state index in [1.165, 1.54) is 39.8 Å². The first-order chi connectivity index (χ1) is 18.9. The lowest BCUT2D eigenvalue weighted by Crippen LogP contribution is -2.71. The Hall–Kier alpha value is -2.99. The number of aliphatic carboxylic acids is 1. The molecule has 204 valence electrons. The molecule has 1 fully saturated rings. The smallest absolute Gasteiger partial charge is 0.352 e. The quantitative estimate of drug-likeness (QED) is 0.0831. The van der Waals surface area contributed by atoms with Crippen molar-refractivity contribution in [3.05, 3.63) is 39.0 Å². The fraction of sp³-hybridized carbons (Fsp3) is 0.333. The Morgan fingerprint density at radius 3 is 2.95 bits per heavy atom. The topological polar surface area (TPSA) is 176 Å². The van der Waals surface area contributed by atoms with Gasteiger partial charge in [0.15, 0.2) is 15.2 Å². The maximum absolute atomic E-state index is 13.4. The minimum atomic E-state index is -1.23. The summed E-state index contributed by atoms with van der Waals surface area (Å²) in [5.41, 5.74) is 1.77. The van der Waals surface area contributed by atoms with Crippen LogP contribution in [0.2, 0.25) is 4.34 Å². The first-order valence-corrected chi connectivity index (χ1v) is 15.4. The first-order valence-electron chi connectivity index (χ1n) is 11.2. The summed E-state index contributed by atoms with van der Waals surface area (Å²) in [6.07, 6.45) is 5.31. The van der Waals surface area contributed by atoms with E-state index < -0.39 is 29.2 Å². The summed E-state index contributed by atoms with van der Waals surface area (Å²) in [5.74, 6) is -1.89. The van der Waals surface area contributed by atoms with Gasteiger partial charge in [0, 0.05) is 11.5 Å². The Bertz CT molecular complexity index is 1390. The number of thioether (sulfide) groups is 2. The molecule has 3 N–H and O–H groups in total. The molecule has 3 atom stereocenters. The highest BCUT2D eigenvalue weighted by atomic mass is 35.5. The monoisotopic (exact) mass is 627 g/mol. The van der Waals surface area contributed by atoms with Crippen molar-refractivity contribution in [3.8, 4) is 0 Å². The van der Waals surface area contributed by atoms with E-state index in [0.29, 0.717) is 34.2 Å². The number of halogens is 1. The second kappa shape index (κ2) is 12.0. The predicted octanol–water partition coefficient (Wildman–Crippen LogP) is 2.19. The number of amides is 3. The number of nitrogens with zero attached hydrogens (tertiary/aromatic N) is 5. The van der Waals surface area contributed by atoms with Crippen LogP contribution < -0.4 is 10.6 Å². The van der Waals surface area contributed by atoms with Crippen molar-refractivity contribution >= 4 is 92.8 Å². The lowest BCUT2D eigenvalue weighted by Gasteiger charge is -2.49. The average molecular weight is 628 g/mol. The van der Waals surface area contributed by atoms with E-state index in [1.807, 2.05) is 12.2 Å². The molecule has 0 spiro atoms. The van der Waals surface area contributed by atoms with E-state index in [1.54, 1.807) is 5.51 Å². The van der Waals surface area contributed by atoms with Gasteiger partial charge >= 0.3 is 5.97 Å². The molecule has 2 unspecified atom stereocenters. The molecular weight excluding hydrogens is 610 g/mol. The molecule has 0 saturated carbocycles. The third-order valence-corrected chi connectivity index (χ3v) is 10.2. The molecule has 39 heavy (non-hydrogen) atoms. The highest BCUT2D eigenvalue weighted by Crippen LogP contribution is 2.42. The van der Waals surface area contributed by atoms with Crippen LogP contribution in [0.3, 0.4) is 0 Å². The maximum Gasteiger partial charge on any atom is 0.352 e. The van der Waals surface area contributed by atoms with Crippen LogP contribution in [-0.2, 0) is 24.0 Å². The SMILES string of the molecule is O=CNc1nc(C(=NOC2C=CCC2)C(=O)NC2C(=O)N3C(C(=O)O)=C(CSc4nncs4)CS[C@H]23)c(Cl)s1. The van der Waals surface area contributed by atoms with E-state index in [4.69, 9.17) is 16.4 Å². The number of carbonyl (C=O) groups is 4. The molecule has 2 aliphatic heterocycles. The second-order valence-electron chi connectivity index (χ2n) is 8.10. The van der Waals surface area contributed by atoms with Crippen LogP contribution >= 0.6 is 57.8 Å². The summed E-state index contributed by atoms with van der Waals surface area (Å²) in [5, 5.41) is 26.1. The predicted molar refractivity (Wildman–Crippen MR) is 147 cm³/mol. The van der Waals surface area contributed by atoms with E-state index in [2.05, 4.69) is 31.0 Å². The summed E-state index contributed by atoms with van der Waals surface area (Å²) in [6, 6.07) is -1.00. The van der Waals surface area contributed by atoms with Gasteiger partial charge in [-0.15, -0.1) is 22.0 Å². The summed E-state index contributed by atoms with van der Waals surface area (Å²) < 4.78 is 0.773. The normalized spacial score (nSPS) is 22.4. The molecule has 0 bridgehead atoms. The Morgan fingerprint density at radius 1 is 1.41 bits per heavy atom. The van der Waals surface area contributed by atoms with Gasteiger partial charge in [-0.25, -0.2) is 9.78 Å². The van der Waals surface area contributed by atoms with Gasteiger partial charge in [-0.2, -0.15) is 0 Å². The molecule has 3 amide bonds. The number of β-lactam (4-membered cyclic amide) rings is 1. The van der Waals surface area contributed by atoms with Gasteiger partial charge in [-0.1, -0.05) is 57.3 Å². The Balaban J connectivity index is 1.34. The Labute approximate surface area is 242 Å². The molecule has 1 saturated heterocycles. The lowest BCUT2D eigenvalue weighted by molar-refractivity contribution is -0.150. The van der Waals surface area contributed by atoms with Crippen molar-refractivity contribution < 1.29 is 29.1 Å². The number of anilines is 1. The molecule has 4 heterocycles. The zero-order valence-electron chi connectivity index (χ0n) is 19.6. The average Bonchev–Trinajstić information content (AvgIpc) is 3.69. The number of carbonyl (C=O) groups excluding carboxylic acids is 3. The molecule has 3 aliphatic rings. The van der Waals surface area contributed by atoms with Gasteiger partial charge in [-0.05, 0) is 24.5 Å². The number of allylic oxidation sites excluding steroid dienone is 1. The molecule has 2 aromatic rings. The zero-order valence-corrected chi connectivity index (χ0v) is 23.6. The van der Waals surface area contributed by atoms with Crippen LogP contribution in [0.1, 0.15) is 18.5 Å². The fourth-order valence-electron chi connectivity index (χ4n) is 3.94. The number of aromatic nitrogens is 3. The standard InChI is InChI=1S/C21H18ClN7O6S4/c22-15-11(26-20(39-15)23-7-30)12(28-35-10-3-1-2-4-10)16(31)25-13-17(32)29-14(19(33)34)9(5-36-18(13)29)6-37-21-27-24-8-38-21/h1,3,7-8,10,13,18H,2,4-6H2,(H,25,31)(H,33,34)(H,23,26,30)/t10?,13?,18-/m1/s1. The van der Waals surface area contributed by atoms with E-state index in [-0.39, 0.29) is 32.7 Å². The Morgan fingerprint density at radius 2 is 2.26 bits per heavy atom. The van der Waals surface area contributed by atoms with Crippen LogP contribution in [0.5, 0.6) is 0 Å². The number of oxime groups is 1. The molecule has 1 aliphatic carbocycles. The molecule has 2 aromatic heterocycles. The molecule has 0 radical (unpaired) electrons. The van der Waals surface area contributed by atoms with Crippen LogP contribution in [0, 0.1) is 0 Å². The van der Waals surface area contributed by atoms with Gasteiger partial charge < -0.3 is 20.6 Å². The van der Waals surface area contributed by atoms with Crippen molar-refractivity contribution in [2.45, 2.75) is 34.7 Å². The van der Waals surface area contributed by atoms with Crippen molar-refractivity contribution in [1.29, 1.82) is 0 Å². The summed E-state index contributed by atoms with van der Waals surface area (Å²) >= 11 is 11.2. The summed E-state index contributed by atoms with van der Waals surface area (Å²) in [6.45, 7) is 0. The number of rotatable bonds is 11. The molecule has 0 aromatic carbocycles. The van der Waals surface area contributed by atoms with Crippen LogP contribution in [0.4, 0.5) is 5.13 Å². The Kier molecular flexibility index (Phi) is 8.51. The third kappa shape index (κ3) is 5.81. The minimum absolute atomic E-state index is 0.0208. The van der Waals surface area contributed by atoms with Crippen molar-refractivity contribution in [1.82, 2.24) is 25.4 Å². The van der Waals surface area contributed by atoms with E-state index in [9.17, 15) is 24.3 Å². The van der Waals surface area contributed by atoms with Gasteiger partial charge in [-0.3, -0.25) is 19.3 Å². The highest BCUT2D eigenvalue weighted by Gasteiger charge is 2.54. The lowest BCUT2D eigenvalue weighted by atomic mass is 10.0. The number of carboxylic acid groups (broad SMARTS) is 1. The van der Waals surface area contributed by atoms with Gasteiger partial charge in [0.25, 0.3) is 11.8 Å². The van der Waals surface area contributed by atoms with Gasteiger partial charge in [0.05, 0.1) is 0 Å². The van der Waals surface area contributed by atoms with Crippen molar-refractivity contribution in [2.24, 2.45) is 5.16 Å². The van der Waals surface area contributed by atoms with Crippen LogP contribution in [0.25, 0.3) is 0 Å². The van der Waals surface area contributed by atoms with Crippen LogP contribution in [-0.4, -0.2) is 84.1 Å². The number of fused-ring (bicyclic) bond motifs is 1. The number of nitrogens with one attached hydrogen (secondary N) is 2. The van der Waals surface area contributed by atoms with Gasteiger partial charge in [0.2, 0.25) is 6.41 Å².